The fraction of sp³-hybridized carbons (Fsp3) is 0.667. The summed E-state index contributed by atoms with van der Waals surface area (Å²) in [5.74, 6) is 0. The molecule has 0 atom stereocenters. The number of hydrogen-bond acceptors (Lipinski definition) is 3. The lowest BCUT2D eigenvalue weighted by Gasteiger charge is -2.37. The van der Waals surface area contributed by atoms with Crippen LogP contribution in [-0.4, -0.2) is 29.1 Å². The molecule has 0 radical (unpaired) electrons. The fourth-order valence-electron chi connectivity index (χ4n) is 2.49. The van der Waals surface area contributed by atoms with Gasteiger partial charge < -0.3 is 10.0 Å². The summed E-state index contributed by atoms with van der Waals surface area (Å²) in [6.07, 6.45) is 4.56. The normalized spacial score (nSPS) is 26.7. The minimum Gasteiger partial charge on any atom is -0.384 e. The zero-order valence-corrected chi connectivity index (χ0v) is 9.67. The fourth-order valence-corrected chi connectivity index (χ4v) is 3.37. The maximum Gasteiger partial charge on any atom is 0.101 e. The van der Waals surface area contributed by atoms with Crippen molar-refractivity contribution in [2.24, 2.45) is 0 Å². The van der Waals surface area contributed by atoms with Crippen LogP contribution in [0.2, 0.25) is 0 Å². The van der Waals surface area contributed by atoms with Crippen LogP contribution in [0.5, 0.6) is 0 Å². The predicted molar refractivity (Wildman–Crippen MR) is 62.0 cm³/mol. The van der Waals surface area contributed by atoms with Gasteiger partial charge >= 0.3 is 0 Å². The van der Waals surface area contributed by atoms with E-state index in [2.05, 4.69) is 16.3 Å². The zero-order valence-electron chi connectivity index (χ0n) is 8.85. The van der Waals surface area contributed by atoms with Crippen molar-refractivity contribution < 1.29 is 5.11 Å². The third kappa shape index (κ3) is 1.84. The summed E-state index contributed by atoms with van der Waals surface area (Å²) < 4.78 is 0. The molecule has 3 rings (SSSR count). The molecule has 2 fully saturated rings. The Morgan fingerprint density at radius 2 is 2.07 bits per heavy atom. The second-order valence-electron chi connectivity index (χ2n) is 4.78. The van der Waals surface area contributed by atoms with E-state index in [0.29, 0.717) is 0 Å². The molecule has 0 spiro atoms. The second kappa shape index (κ2) is 3.58. The molecule has 1 saturated carbocycles. The highest BCUT2D eigenvalue weighted by molar-refractivity contribution is 7.10. The smallest absolute Gasteiger partial charge is 0.101 e. The Hall–Kier alpha value is -0.380. The van der Waals surface area contributed by atoms with Crippen molar-refractivity contribution in [3.05, 3.63) is 22.4 Å². The first-order valence-corrected chi connectivity index (χ1v) is 6.66. The first kappa shape index (κ1) is 9.82. The van der Waals surface area contributed by atoms with Gasteiger partial charge in [0.15, 0.2) is 0 Å². The number of thiophene rings is 1. The lowest BCUT2D eigenvalue weighted by atomic mass is 9.90. The van der Waals surface area contributed by atoms with E-state index < -0.39 is 5.60 Å². The first-order valence-electron chi connectivity index (χ1n) is 5.78. The lowest BCUT2D eigenvalue weighted by molar-refractivity contribution is -0.0248. The minimum atomic E-state index is -0.528. The summed E-state index contributed by atoms with van der Waals surface area (Å²) in [6.45, 7) is 2.14. The van der Waals surface area contributed by atoms with Crippen LogP contribution in [0.3, 0.4) is 0 Å². The number of hydrogen-bond donors (Lipinski definition) is 1. The molecule has 0 bridgehead atoms. The van der Waals surface area contributed by atoms with E-state index in [4.69, 9.17) is 0 Å². The highest BCUT2D eigenvalue weighted by Crippen LogP contribution is 2.38. The van der Waals surface area contributed by atoms with Crippen molar-refractivity contribution in [2.45, 2.75) is 37.3 Å². The van der Waals surface area contributed by atoms with E-state index in [1.165, 1.54) is 12.8 Å². The van der Waals surface area contributed by atoms with Gasteiger partial charge in [0.1, 0.15) is 5.60 Å². The third-order valence-corrected chi connectivity index (χ3v) is 4.73. The van der Waals surface area contributed by atoms with Gasteiger partial charge in [-0.25, -0.2) is 0 Å². The van der Waals surface area contributed by atoms with Gasteiger partial charge in [0, 0.05) is 24.0 Å². The van der Waals surface area contributed by atoms with Gasteiger partial charge in [0.25, 0.3) is 0 Å². The van der Waals surface area contributed by atoms with Gasteiger partial charge in [-0.1, -0.05) is 6.07 Å². The molecule has 2 heterocycles. The Morgan fingerprint density at radius 3 is 2.60 bits per heavy atom. The molecule has 2 nitrogen and oxygen atoms in total. The van der Waals surface area contributed by atoms with Crippen molar-refractivity contribution in [3.63, 3.8) is 0 Å². The quantitative estimate of drug-likeness (QED) is 0.831. The first-order chi connectivity index (χ1) is 7.28. The molecule has 1 aromatic heterocycles. The van der Waals surface area contributed by atoms with Crippen LogP contribution < -0.4 is 0 Å². The Bertz CT molecular complexity index is 323. The monoisotopic (exact) mass is 223 g/mol. The molecule has 0 amide bonds. The van der Waals surface area contributed by atoms with Crippen LogP contribution in [-0.2, 0) is 5.60 Å². The number of rotatable bonds is 2. The number of nitrogens with zero attached hydrogens (tertiary/aromatic N) is 1. The Labute approximate surface area is 94.5 Å². The van der Waals surface area contributed by atoms with Gasteiger partial charge in [-0.2, -0.15) is 0 Å². The Kier molecular flexibility index (Phi) is 2.34. The molecule has 82 valence electrons. The second-order valence-corrected chi connectivity index (χ2v) is 5.72. The predicted octanol–water partition coefficient (Wildman–Crippen LogP) is 2.19. The summed E-state index contributed by atoms with van der Waals surface area (Å²) in [5, 5.41) is 12.6. The van der Waals surface area contributed by atoms with Crippen LogP contribution in [0.1, 0.15) is 30.6 Å². The van der Waals surface area contributed by atoms with Crippen LogP contribution >= 0.6 is 11.3 Å². The van der Waals surface area contributed by atoms with Crippen molar-refractivity contribution in [3.8, 4) is 0 Å². The Balaban J connectivity index is 1.69. The van der Waals surface area contributed by atoms with Crippen LogP contribution in [0, 0.1) is 0 Å². The SMILES string of the molecule is OC1(c2cccs2)CCN(C2CC2)CC1. The third-order valence-electron chi connectivity index (χ3n) is 3.67. The van der Waals surface area contributed by atoms with Crippen LogP contribution in [0.4, 0.5) is 0 Å². The Morgan fingerprint density at radius 1 is 1.33 bits per heavy atom. The van der Waals surface area contributed by atoms with Crippen molar-refractivity contribution in [2.75, 3.05) is 13.1 Å². The van der Waals surface area contributed by atoms with E-state index in [1.807, 2.05) is 6.07 Å². The molecule has 1 aliphatic heterocycles. The summed E-state index contributed by atoms with van der Waals surface area (Å²) in [5.41, 5.74) is -0.528. The molecule has 1 aliphatic carbocycles. The summed E-state index contributed by atoms with van der Waals surface area (Å²) in [4.78, 5) is 3.69. The molecule has 0 unspecified atom stereocenters. The summed E-state index contributed by atoms with van der Waals surface area (Å²) >= 11 is 1.69. The molecule has 3 heteroatoms. The van der Waals surface area contributed by atoms with Gasteiger partial charge in [-0.05, 0) is 37.1 Å². The topological polar surface area (TPSA) is 23.5 Å². The molecule has 1 saturated heterocycles. The number of likely N-dealkylation sites (tertiary alicyclic amines) is 1. The molecule has 1 N–H and O–H groups in total. The molecular formula is C12H17NOS. The van der Waals surface area contributed by atoms with Gasteiger partial charge in [-0.3, -0.25) is 0 Å². The van der Waals surface area contributed by atoms with Crippen molar-refractivity contribution in [1.29, 1.82) is 0 Å². The maximum atomic E-state index is 10.5. The highest BCUT2D eigenvalue weighted by atomic mass is 32.1. The average Bonchev–Trinajstić information content (AvgIpc) is 2.94. The number of piperidine rings is 1. The average molecular weight is 223 g/mol. The lowest BCUT2D eigenvalue weighted by Crippen LogP contribution is -2.43. The van der Waals surface area contributed by atoms with E-state index in [1.54, 1.807) is 11.3 Å². The molecule has 1 aromatic rings. The van der Waals surface area contributed by atoms with Crippen LogP contribution in [0.25, 0.3) is 0 Å². The van der Waals surface area contributed by atoms with E-state index in [0.717, 1.165) is 36.9 Å². The zero-order chi connectivity index (χ0) is 10.3. The number of aliphatic hydroxyl groups is 1. The summed E-state index contributed by atoms with van der Waals surface area (Å²) in [6, 6.07) is 4.95. The van der Waals surface area contributed by atoms with E-state index in [-0.39, 0.29) is 0 Å². The molecule has 2 aliphatic rings. The van der Waals surface area contributed by atoms with Gasteiger partial charge in [0.05, 0.1) is 0 Å². The van der Waals surface area contributed by atoms with Gasteiger partial charge in [-0.15, -0.1) is 11.3 Å². The van der Waals surface area contributed by atoms with Crippen molar-refractivity contribution in [1.82, 2.24) is 4.90 Å². The van der Waals surface area contributed by atoms with Crippen molar-refractivity contribution >= 4 is 11.3 Å². The minimum absolute atomic E-state index is 0.528. The van der Waals surface area contributed by atoms with E-state index >= 15 is 0 Å². The molecule has 15 heavy (non-hydrogen) atoms. The highest BCUT2D eigenvalue weighted by Gasteiger charge is 2.39. The standard InChI is InChI=1S/C12H17NOS/c14-12(11-2-1-9-15-11)5-7-13(8-6-12)10-3-4-10/h1-2,9-10,14H,3-8H2. The van der Waals surface area contributed by atoms with E-state index in [9.17, 15) is 5.11 Å². The van der Waals surface area contributed by atoms with Gasteiger partial charge in [0.2, 0.25) is 0 Å². The maximum absolute atomic E-state index is 10.5. The summed E-state index contributed by atoms with van der Waals surface area (Å²) in [7, 11) is 0. The largest absolute Gasteiger partial charge is 0.384 e. The molecular weight excluding hydrogens is 206 g/mol. The van der Waals surface area contributed by atoms with Crippen LogP contribution in [0.15, 0.2) is 17.5 Å². The molecule has 0 aromatic carbocycles.